The molecule has 0 unspecified atom stereocenters. The van der Waals surface area contributed by atoms with Crippen LogP contribution in [0.15, 0.2) is 88.6 Å². The fraction of sp³-hybridized carbons (Fsp3) is 0.194. The number of hydrogen-bond donors (Lipinski definition) is 0. The lowest BCUT2D eigenvalue weighted by atomic mass is 10.1. The van der Waals surface area contributed by atoms with Gasteiger partial charge in [0.1, 0.15) is 10.6 Å². The van der Waals surface area contributed by atoms with Crippen LogP contribution in [-0.2, 0) is 17.2 Å². The summed E-state index contributed by atoms with van der Waals surface area (Å²) >= 11 is 1.59. The third-order valence-corrected chi connectivity index (χ3v) is 9.82. The number of aromatic nitrogens is 1. The molecule has 5 aromatic rings. The number of nitrogens with zero attached hydrogens (tertiary/aromatic N) is 3. The molecule has 0 aliphatic rings. The molecule has 11 heteroatoms. The Morgan fingerprint density at radius 3 is 2.17 bits per heavy atom. The Balaban J connectivity index is 1.46. The van der Waals surface area contributed by atoms with E-state index in [4.69, 9.17) is 4.18 Å². The van der Waals surface area contributed by atoms with E-state index in [9.17, 15) is 23.3 Å². The summed E-state index contributed by atoms with van der Waals surface area (Å²) in [6.45, 7) is 7.58. The molecule has 2 aromatic heterocycles. The van der Waals surface area contributed by atoms with E-state index in [1.165, 1.54) is 31.2 Å². The van der Waals surface area contributed by atoms with Crippen molar-refractivity contribution in [3.63, 3.8) is 0 Å². The second-order valence-corrected chi connectivity index (χ2v) is 12.3. The number of pyridine rings is 1. The number of hydrogen-bond acceptors (Lipinski definition) is 8. The van der Waals surface area contributed by atoms with Gasteiger partial charge in [-0.25, -0.2) is 0 Å². The Bertz CT molecular complexity index is 1960. The van der Waals surface area contributed by atoms with Crippen molar-refractivity contribution < 1.29 is 17.5 Å². The number of fused-ring (bicyclic) bond motifs is 1. The molecule has 216 valence electrons. The smallest absolute Gasteiger partial charge is 0.339 e. The highest BCUT2D eigenvalue weighted by Gasteiger charge is 2.22. The zero-order valence-corrected chi connectivity index (χ0v) is 25.2. The van der Waals surface area contributed by atoms with Crippen LogP contribution in [-0.4, -0.2) is 31.0 Å². The number of thiophene rings is 1. The largest absolute Gasteiger partial charge is 0.379 e. The predicted molar refractivity (Wildman–Crippen MR) is 167 cm³/mol. The van der Waals surface area contributed by atoms with Crippen LogP contribution in [0.25, 0.3) is 31.8 Å². The zero-order chi connectivity index (χ0) is 30.2. The molecule has 0 bridgehead atoms. The van der Waals surface area contributed by atoms with Crippen LogP contribution in [0.4, 0.5) is 11.4 Å². The molecule has 3 aromatic carbocycles. The standard InChI is InChI=1S/C31H29N3O6S2/c1-5-33(6-2)23-11-7-22(8-12-23)28-19-27-31(41-28)26(18-30(35)32(27)4)21-9-14-25(15-10-21)40-42(38,39)29-16-13-24(34(36)37)17-20(29)3/h7-19H,5-6H2,1-4H3. The van der Waals surface area contributed by atoms with Gasteiger partial charge in [-0.15, -0.1) is 11.3 Å². The third kappa shape index (κ3) is 5.53. The zero-order valence-electron chi connectivity index (χ0n) is 23.5. The molecule has 0 atom stereocenters. The van der Waals surface area contributed by atoms with E-state index < -0.39 is 15.0 Å². The first-order chi connectivity index (χ1) is 20.0. The van der Waals surface area contributed by atoms with E-state index in [-0.39, 0.29) is 27.5 Å². The van der Waals surface area contributed by atoms with Crippen LogP contribution in [0.2, 0.25) is 0 Å². The summed E-state index contributed by atoms with van der Waals surface area (Å²) in [7, 11) is -2.48. The molecule has 42 heavy (non-hydrogen) atoms. The number of nitro groups is 1. The summed E-state index contributed by atoms with van der Waals surface area (Å²) in [5, 5.41) is 11.0. The van der Waals surface area contributed by atoms with Crippen molar-refractivity contribution in [2.45, 2.75) is 25.7 Å². The molecule has 0 aliphatic heterocycles. The SMILES string of the molecule is CCN(CC)c1ccc(-c2cc3c(s2)c(-c2ccc(OS(=O)(=O)c4ccc([N+](=O)[O-])cc4C)cc2)cc(=O)n3C)cc1. The highest BCUT2D eigenvalue weighted by molar-refractivity contribution is 7.87. The number of aryl methyl sites for hydroxylation is 2. The summed E-state index contributed by atoms with van der Waals surface area (Å²) < 4.78 is 33.7. The molecule has 0 spiro atoms. The number of benzene rings is 3. The maximum absolute atomic E-state index is 12.9. The fourth-order valence-electron chi connectivity index (χ4n) is 4.90. The number of anilines is 1. The van der Waals surface area contributed by atoms with Crippen molar-refractivity contribution in [2.75, 3.05) is 18.0 Å². The van der Waals surface area contributed by atoms with Crippen LogP contribution in [0.5, 0.6) is 5.75 Å². The molecule has 0 N–H and O–H groups in total. The first-order valence-corrected chi connectivity index (χ1v) is 15.5. The molecular weight excluding hydrogens is 574 g/mol. The van der Waals surface area contributed by atoms with Crippen molar-refractivity contribution in [1.82, 2.24) is 4.57 Å². The van der Waals surface area contributed by atoms with Gasteiger partial charge in [0.05, 0.1) is 15.1 Å². The van der Waals surface area contributed by atoms with Crippen molar-refractivity contribution in [2.24, 2.45) is 7.05 Å². The van der Waals surface area contributed by atoms with E-state index in [0.717, 1.165) is 56.6 Å². The number of nitro benzene ring substituents is 1. The van der Waals surface area contributed by atoms with Gasteiger partial charge >= 0.3 is 10.1 Å². The molecule has 5 rings (SSSR count). The van der Waals surface area contributed by atoms with Crippen molar-refractivity contribution in [1.29, 1.82) is 0 Å². The molecule has 2 heterocycles. The lowest BCUT2D eigenvalue weighted by molar-refractivity contribution is -0.385. The first kappa shape index (κ1) is 29.0. The minimum Gasteiger partial charge on any atom is -0.379 e. The number of rotatable bonds is 9. The van der Waals surface area contributed by atoms with E-state index in [1.54, 1.807) is 41.2 Å². The summed E-state index contributed by atoms with van der Waals surface area (Å²) in [4.78, 5) is 26.5. The van der Waals surface area contributed by atoms with E-state index >= 15 is 0 Å². The molecule has 0 fully saturated rings. The van der Waals surface area contributed by atoms with Crippen LogP contribution in [0, 0.1) is 17.0 Å². The highest BCUT2D eigenvalue weighted by atomic mass is 32.2. The number of non-ortho nitro benzene ring substituents is 1. The van der Waals surface area contributed by atoms with Crippen molar-refractivity contribution in [3.05, 3.63) is 105 Å². The summed E-state index contributed by atoms with van der Waals surface area (Å²) in [6, 6.07) is 22.0. The summed E-state index contributed by atoms with van der Waals surface area (Å²) in [6.07, 6.45) is 0. The quantitative estimate of drug-likeness (QED) is 0.104. The normalized spacial score (nSPS) is 11.5. The molecule has 0 saturated carbocycles. The second-order valence-electron chi connectivity index (χ2n) is 9.77. The Morgan fingerprint density at radius 2 is 1.57 bits per heavy atom. The summed E-state index contributed by atoms with van der Waals surface area (Å²) in [5.41, 5.74) is 4.34. The van der Waals surface area contributed by atoms with Gasteiger partial charge in [-0.1, -0.05) is 24.3 Å². The fourth-order valence-corrected chi connectivity index (χ4v) is 7.27. The molecular formula is C31H29N3O6S2. The second kappa shape index (κ2) is 11.4. The Hall–Kier alpha value is -4.48. The topological polar surface area (TPSA) is 112 Å². The van der Waals surface area contributed by atoms with Gasteiger partial charge in [0, 0.05) is 54.5 Å². The van der Waals surface area contributed by atoms with E-state index in [2.05, 4.69) is 43.0 Å². The van der Waals surface area contributed by atoms with Crippen molar-refractivity contribution >= 4 is 43.0 Å². The lowest BCUT2D eigenvalue weighted by Gasteiger charge is -2.21. The lowest BCUT2D eigenvalue weighted by Crippen LogP contribution is -2.21. The first-order valence-electron chi connectivity index (χ1n) is 13.3. The van der Waals surface area contributed by atoms with Crippen LogP contribution >= 0.6 is 11.3 Å². The molecule has 0 saturated heterocycles. The van der Waals surface area contributed by atoms with Crippen molar-refractivity contribution in [3.8, 4) is 27.3 Å². The van der Waals surface area contributed by atoms with Gasteiger partial charge in [0.15, 0.2) is 0 Å². The molecule has 0 amide bonds. The average molecular weight is 604 g/mol. The molecule has 0 radical (unpaired) electrons. The maximum atomic E-state index is 12.9. The monoisotopic (exact) mass is 603 g/mol. The summed E-state index contributed by atoms with van der Waals surface area (Å²) in [5.74, 6) is 0.0803. The van der Waals surface area contributed by atoms with Gasteiger partial charge in [0.2, 0.25) is 0 Å². The van der Waals surface area contributed by atoms with Gasteiger partial charge in [-0.2, -0.15) is 8.42 Å². The van der Waals surface area contributed by atoms with Crippen LogP contribution in [0.1, 0.15) is 19.4 Å². The van der Waals surface area contributed by atoms with Gasteiger partial charge in [-0.05, 0) is 73.9 Å². The third-order valence-electron chi connectivity index (χ3n) is 7.21. The van der Waals surface area contributed by atoms with Crippen LogP contribution < -0.4 is 14.6 Å². The van der Waals surface area contributed by atoms with Gasteiger partial charge in [-0.3, -0.25) is 14.9 Å². The highest BCUT2D eigenvalue weighted by Crippen LogP contribution is 2.39. The van der Waals surface area contributed by atoms with E-state index in [0.29, 0.717) is 0 Å². The van der Waals surface area contributed by atoms with Gasteiger partial charge in [0.25, 0.3) is 11.2 Å². The van der Waals surface area contributed by atoms with Gasteiger partial charge < -0.3 is 13.7 Å². The minimum absolute atomic E-state index is 0.0803. The molecule has 9 nitrogen and oxygen atoms in total. The Labute approximate surface area is 247 Å². The molecule has 0 aliphatic carbocycles. The average Bonchev–Trinajstić information content (AvgIpc) is 3.42. The van der Waals surface area contributed by atoms with Crippen LogP contribution in [0.3, 0.4) is 0 Å². The Morgan fingerprint density at radius 1 is 0.929 bits per heavy atom. The minimum atomic E-state index is -4.23. The van der Waals surface area contributed by atoms with E-state index in [1.807, 2.05) is 6.07 Å². The Kier molecular flexibility index (Phi) is 7.89. The maximum Gasteiger partial charge on any atom is 0.339 e. The predicted octanol–water partition coefficient (Wildman–Crippen LogP) is 6.76.